The Hall–Kier alpha value is -3.19. The lowest BCUT2D eigenvalue weighted by Gasteiger charge is -2.24. The maximum atomic E-state index is 13.9. The van der Waals surface area contributed by atoms with Crippen LogP contribution in [0.25, 0.3) is 11.3 Å². The molecular formula is C20H16ClFN4O2. The first kappa shape index (κ1) is 18.2. The maximum absolute atomic E-state index is 13.9. The van der Waals surface area contributed by atoms with Gasteiger partial charge in [-0.2, -0.15) is 5.10 Å². The zero-order chi connectivity index (χ0) is 19.8. The Morgan fingerprint density at radius 2 is 2.07 bits per heavy atom. The highest BCUT2D eigenvalue weighted by molar-refractivity contribution is 6.30. The van der Waals surface area contributed by atoms with Crippen LogP contribution in [0.5, 0.6) is 0 Å². The van der Waals surface area contributed by atoms with E-state index < -0.39 is 17.8 Å². The van der Waals surface area contributed by atoms with Gasteiger partial charge in [0, 0.05) is 16.1 Å². The number of carbonyl (C=O) groups is 2. The fourth-order valence-corrected chi connectivity index (χ4v) is 3.42. The number of anilines is 2. The zero-order valence-electron chi connectivity index (χ0n) is 14.9. The number of nitrogens with one attached hydrogen (secondary N) is 2. The highest BCUT2D eigenvalue weighted by Crippen LogP contribution is 2.35. The number of carbonyl (C=O) groups excluding carboxylic acids is 2. The van der Waals surface area contributed by atoms with Gasteiger partial charge in [-0.15, -0.1) is 0 Å². The molecule has 2 N–H and O–H groups in total. The van der Waals surface area contributed by atoms with Crippen LogP contribution in [-0.2, 0) is 9.59 Å². The Morgan fingerprint density at radius 1 is 1.29 bits per heavy atom. The highest BCUT2D eigenvalue weighted by Gasteiger charge is 2.34. The highest BCUT2D eigenvalue weighted by atomic mass is 35.5. The van der Waals surface area contributed by atoms with Crippen LogP contribution in [0.2, 0.25) is 5.02 Å². The van der Waals surface area contributed by atoms with E-state index in [1.54, 1.807) is 24.3 Å². The van der Waals surface area contributed by atoms with Crippen molar-refractivity contribution in [1.29, 1.82) is 0 Å². The van der Waals surface area contributed by atoms with E-state index >= 15 is 0 Å². The SMILES string of the molecule is Cc1c(-c2cccc(Cl)c2)nn2c1NC(=O)C[C@H]2C(=O)Nc1ccccc1F. The third kappa shape index (κ3) is 3.25. The van der Waals surface area contributed by atoms with E-state index in [-0.39, 0.29) is 18.0 Å². The van der Waals surface area contributed by atoms with Gasteiger partial charge in [-0.05, 0) is 31.2 Å². The van der Waals surface area contributed by atoms with E-state index in [4.69, 9.17) is 11.6 Å². The summed E-state index contributed by atoms with van der Waals surface area (Å²) in [6.45, 7) is 1.81. The molecule has 0 fully saturated rings. The lowest BCUT2D eigenvalue weighted by molar-refractivity contribution is -0.125. The number of hydrogen-bond acceptors (Lipinski definition) is 3. The molecule has 0 spiro atoms. The number of nitrogens with zero attached hydrogens (tertiary/aromatic N) is 2. The topological polar surface area (TPSA) is 76.0 Å². The molecule has 142 valence electrons. The molecule has 2 aromatic carbocycles. The van der Waals surface area contributed by atoms with Crippen LogP contribution in [0.15, 0.2) is 48.5 Å². The van der Waals surface area contributed by atoms with Gasteiger partial charge < -0.3 is 10.6 Å². The number of para-hydroxylation sites is 1. The van der Waals surface area contributed by atoms with E-state index in [0.29, 0.717) is 16.5 Å². The molecule has 6 nitrogen and oxygen atoms in total. The van der Waals surface area contributed by atoms with Crippen LogP contribution in [0, 0.1) is 12.7 Å². The minimum Gasteiger partial charge on any atom is -0.322 e. The molecule has 2 amide bonds. The van der Waals surface area contributed by atoms with Crippen molar-refractivity contribution in [2.75, 3.05) is 10.6 Å². The lowest BCUT2D eigenvalue weighted by Crippen LogP contribution is -2.36. The Kier molecular flexibility index (Phi) is 4.60. The molecule has 3 aromatic rings. The molecule has 0 saturated carbocycles. The summed E-state index contributed by atoms with van der Waals surface area (Å²) in [7, 11) is 0. The molecule has 0 saturated heterocycles. The van der Waals surface area contributed by atoms with Crippen LogP contribution < -0.4 is 10.6 Å². The molecule has 4 rings (SSSR count). The van der Waals surface area contributed by atoms with Crippen molar-refractivity contribution in [3.05, 3.63) is 64.9 Å². The number of amides is 2. The number of benzene rings is 2. The van der Waals surface area contributed by atoms with Gasteiger partial charge in [0.15, 0.2) is 0 Å². The Bertz CT molecular complexity index is 1100. The normalized spacial score (nSPS) is 15.7. The first-order valence-corrected chi connectivity index (χ1v) is 9.02. The third-order valence-corrected chi connectivity index (χ3v) is 4.85. The van der Waals surface area contributed by atoms with Crippen molar-refractivity contribution in [3.63, 3.8) is 0 Å². The smallest absolute Gasteiger partial charge is 0.249 e. The number of fused-ring (bicyclic) bond motifs is 1. The first-order valence-electron chi connectivity index (χ1n) is 8.64. The van der Waals surface area contributed by atoms with Crippen molar-refractivity contribution < 1.29 is 14.0 Å². The van der Waals surface area contributed by atoms with Gasteiger partial charge in [-0.25, -0.2) is 9.07 Å². The monoisotopic (exact) mass is 398 g/mol. The second-order valence-electron chi connectivity index (χ2n) is 6.51. The molecule has 0 aliphatic carbocycles. The first-order chi connectivity index (χ1) is 13.4. The predicted molar refractivity (Wildman–Crippen MR) is 105 cm³/mol. The summed E-state index contributed by atoms with van der Waals surface area (Å²) in [4.78, 5) is 25.0. The van der Waals surface area contributed by atoms with Gasteiger partial charge in [0.2, 0.25) is 11.8 Å². The van der Waals surface area contributed by atoms with Crippen LogP contribution in [0.3, 0.4) is 0 Å². The van der Waals surface area contributed by atoms with Crippen LogP contribution in [-0.4, -0.2) is 21.6 Å². The Balaban J connectivity index is 1.72. The Morgan fingerprint density at radius 3 is 2.82 bits per heavy atom. The summed E-state index contributed by atoms with van der Waals surface area (Å²) >= 11 is 6.08. The fraction of sp³-hybridized carbons (Fsp3) is 0.150. The number of aromatic nitrogens is 2. The Labute approximate surface area is 165 Å². The zero-order valence-corrected chi connectivity index (χ0v) is 15.6. The van der Waals surface area contributed by atoms with Gasteiger partial charge in [-0.1, -0.05) is 35.9 Å². The van der Waals surface area contributed by atoms with Gasteiger partial charge in [0.1, 0.15) is 17.7 Å². The molecule has 2 heterocycles. The van der Waals surface area contributed by atoms with Crippen molar-refractivity contribution in [1.82, 2.24) is 9.78 Å². The average molecular weight is 399 g/mol. The van der Waals surface area contributed by atoms with Crippen molar-refractivity contribution in [2.45, 2.75) is 19.4 Å². The van der Waals surface area contributed by atoms with E-state index in [1.807, 2.05) is 13.0 Å². The van der Waals surface area contributed by atoms with Crippen LogP contribution >= 0.6 is 11.6 Å². The summed E-state index contributed by atoms with van der Waals surface area (Å²) in [5, 5.41) is 10.4. The van der Waals surface area contributed by atoms with Crippen LogP contribution in [0.1, 0.15) is 18.0 Å². The van der Waals surface area contributed by atoms with E-state index in [9.17, 15) is 14.0 Å². The average Bonchev–Trinajstić information content (AvgIpc) is 2.99. The second kappa shape index (κ2) is 7.09. The van der Waals surface area contributed by atoms with E-state index in [2.05, 4.69) is 15.7 Å². The number of rotatable bonds is 3. The molecule has 1 aliphatic rings. The number of hydrogen-bond donors (Lipinski definition) is 2. The lowest BCUT2D eigenvalue weighted by atomic mass is 10.1. The molecular weight excluding hydrogens is 383 g/mol. The minimum absolute atomic E-state index is 0.0546. The van der Waals surface area contributed by atoms with Crippen molar-refractivity contribution in [2.24, 2.45) is 0 Å². The summed E-state index contributed by atoms with van der Waals surface area (Å²) in [6, 6.07) is 12.1. The van der Waals surface area contributed by atoms with Crippen LogP contribution in [0.4, 0.5) is 15.9 Å². The van der Waals surface area contributed by atoms with Gasteiger partial charge >= 0.3 is 0 Å². The summed E-state index contributed by atoms with van der Waals surface area (Å²) in [5.41, 5.74) is 2.16. The quantitative estimate of drug-likeness (QED) is 0.695. The molecule has 1 aliphatic heterocycles. The molecule has 1 atom stereocenters. The second-order valence-corrected chi connectivity index (χ2v) is 6.95. The van der Waals surface area contributed by atoms with Gasteiger partial charge in [0.25, 0.3) is 0 Å². The molecule has 0 unspecified atom stereocenters. The third-order valence-electron chi connectivity index (χ3n) is 4.61. The molecule has 1 aromatic heterocycles. The van der Waals surface area contributed by atoms with Crippen molar-refractivity contribution in [3.8, 4) is 11.3 Å². The van der Waals surface area contributed by atoms with E-state index in [1.165, 1.54) is 22.9 Å². The summed E-state index contributed by atoms with van der Waals surface area (Å²) in [5.74, 6) is -0.921. The fourth-order valence-electron chi connectivity index (χ4n) is 3.23. The summed E-state index contributed by atoms with van der Waals surface area (Å²) in [6.07, 6.45) is -0.0939. The molecule has 28 heavy (non-hydrogen) atoms. The van der Waals surface area contributed by atoms with Crippen molar-refractivity contribution >= 4 is 34.9 Å². The predicted octanol–water partition coefficient (Wildman–Crippen LogP) is 4.17. The largest absolute Gasteiger partial charge is 0.322 e. The summed E-state index contributed by atoms with van der Waals surface area (Å²) < 4.78 is 15.4. The minimum atomic E-state index is -0.894. The molecule has 0 radical (unpaired) electrons. The number of halogens is 2. The standard InChI is InChI=1S/C20H16ClFN4O2/c1-11-18(12-5-4-6-13(21)9-12)25-26-16(10-17(27)24-19(11)26)20(28)23-15-8-3-2-7-14(15)22/h2-9,16H,10H2,1H3,(H,23,28)(H,24,27)/t16-/m0/s1. The van der Waals surface area contributed by atoms with E-state index in [0.717, 1.165) is 11.1 Å². The van der Waals surface area contributed by atoms with Gasteiger partial charge in [0.05, 0.1) is 17.8 Å². The maximum Gasteiger partial charge on any atom is 0.249 e. The van der Waals surface area contributed by atoms with Gasteiger partial charge in [-0.3, -0.25) is 9.59 Å². The molecule has 8 heteroatoms. The molecule has 0 bridgehead atoms.